The van der Waals surface area contributed by atoms with Crippen LogP contribution in [0.4, 0.5) is 13.2 Å². The molecule has 7 heteroatoms. The number of hydrogen-bond donors (Lipinski definition) is 0. The van der Waals surface area contributed by atoms with Crippen molar-refractivity contribution in [3.63, 3.8) is 0 Å². The van der Waals surface area contributed by atoms with Crippen molar-refractivity contribution >= 4 is 17.6 Å². The van der Waals surface area contributed by atoms with Gasteiger partial charge >= 0.3 is 5.97 Å². The normalized spacial score (nSPS) is 10.7. The fourth-order valence-corrected chi connectivity index (χ4v) is 1.51. The van der Waals surface area contributed by atoms with Crippen LogP contribution in [0.15, 0.2) is 6.20 Å². The van der Waals surface area contributed by atoms with Crippen molar-refractivity contribution in [2.75, 3.05) is 6.61 Å². The predicted octanol–water partition coefficient (Wildman–Crippen LogP) is 3.07. The van der Waals surface area contributed by atoms with E-state index in [0.29, 0.717) is 0 Å². The zero-order valence-electron chi connectivity index (χ0n) is 8.84. The van der Waals surface area contributed by atoms with E-state index in [2.05, 4.69) is 9.72 Å². The minimum atomic E-state index is -3.03. The van der Waals surface area contributed by atoms with Crippen molar-refractivity contribution in [2.24, 2.45) is 0 Å². The highest BCUT2D eigenvalue weighted by Crippen LogP contribution is 2.29. The Morgan fingerprint density at radius 1 is 1.59 bits per heavy atom. The summed E-state index contributed by atoms with van der Waals surface area (Å²) in [6.07, 6.45) is -2.15. The van der Waals surface area contributed by atoms with E-state index in [1.54, 1.807) is 0 Å². The fraction of sp³-hybridized carbons (Fsp3) is 0.400. The van der Waals surface area contributed by atoms with Crippen LogP contribution in [0.1, 0.15) is 34.8 Å². The van der Waals surface area contributed by atoms with Gasteiger partial charge in [0.25, 0.3) is 6.43 Å². The molecule has 0 N–H and O–H groups in total. The first-order valence-corrected chi connectivity index (χ1v) is 5.24. The molecule has 0 saturated carbocycles. The van der Waals surface area contributed by atoms with Crippen LogP contribution in [-0.4, -0.2) is 17.6 Å². The molecule has 17 heavy (non-hydrogen) atoms. The lowest BCUT2D eigenvalue weighted by molar-refractivity contribution is 0.0507. The quantitative estimate of drug-likeness (QED) is 0.478. The molecular formula is C10H9ClF3NO2. The number of alkyl halides is 3. The lowest BCUT2D eigenvalue weighted by Gasteiger charge is -2.11. The third-order valence-corrected chi connectivity index (χ3v) is 2.28. The molecule has 0 bridgehead atoms. The van der Waals surface area contributed by atoms with E-state index >= 15 is 0 Å². The average Bonchev–Trinajstić information content (AvgIpc) is 2.28. The molecule has 0 spiro atoms. The van der Waals surface area contributed by atoms with Crippen molar-refractivity contribution in [2.45, 2.75) is 19.2 Å². The lowest BCUT2D eigenvalue weighted by atomic mass is 10.1. The molecular weight excluding hydrogens is 259 g/mol. The molecule has 0 aliphatic heterocycles. The van der Waals surface area contributed by atoms with Gasteiger partial charge in [0.2, 0.25) is 5.95 Å². The van der Waals surface area contributed by atoms with Gasteiger partial charge in [-0.25, -0.2) is 18.6 Å². The number of halogens is 4. The molecule has 0 aromatic carbocycles. The standard InChI is InChI=1S/C10H9ClF3NO2/c1-2-17-10(16)7-6(8(12)13)5(3-11)4-15-9(7)14/h4,8H,2-3H2,1H3. The zero-order chi connectivity index (χ0) is 13.0. The van der Waals surface area contributed by atoms with Crippen molar-refractivity contribution in [3.8, 4) is 0 Å². The summed E-state index contributed by atoms with van der Waals surface area (Å²) in [7, 11) is 0. The van der Waals surface area contributed by atoms with E-state index in [-0.39, 0.29) is 18.1 Å². The molecule has 0 radical (unpaired) electrons. The summed E-state index contributed by atoms with van der Waals surface area (Å²) in [6.45, 7) is 1.43. The molecule has 1 rings (SSSR count). The third-order valence-electron chi connectivity index (χ3n) is 2.00. The van der Waals surface area contributed by atoms with Crippen LogP contribution in [0.25, 0.3) is 0 Å². The van der Waals surface area contributed by atoms with Crippen LogP contribution in [0.2, 0.25) is 0 Å². The zero-order valence-corrected chi connectivity index (χ0v) is 9.60. The van der Waals surface area contributed by atoms with E-state index in [1.165, 1.54) is 6.92 Å². The summed E-state index contributed by atoms with van der Waals surface area (Å²) in [4.78, 5) is 14.6. The second-order valence-corrected chi connectivity index (χ2v) is 3.28. The first-order valence-electron chi connectivity index (χ1n) is 4.71. The second-order valence-electron chi connectivity index (χ2n) is 3.02. The number of rotatable bonds is 4. The average molecular weight is 268 g/mol. The van der Waals surface area contributed by atoms with Gasteiger partial charge < -0.3 is 4.74 Å². The van der Waals surface area contributed by atoms with Gasteiger partial charge in [-0.1, -0.05) is 0 Å². The molecule has 0 amide bonds. The molecule has 1 heterocycles. The molecule has 1 aromatic rings. The maximum Gasteiger partial charge on any atom is 0.343 e. The van der Waals surface area contributed by atoms with Crippen LogP contribution >= 0.6 is 11.6 Å². The first-order chi connectivity index (χ1) is 8.02. The molecule has 0 unspecified atom stereocenters. The van der Waals surface area contributed by atoms with E-state index < -0.39 is 29.5 Å². The van der Waals surface area contributed by atoms with Crippen LogP contribution in [0.3, 0.4) is 0 Å². The minimum absolute atomic E-state index is 0.0495. The Hall–Kier alpha value is -1.30. The van der Waals surface area contributed by atoms with Gasteiger partial charge in [-0.15, -0.1) is 11.6 Å². The summed E-state index contributed by atoms with van der Waals surface area (Å²) in [5.41, 5.74) is -1.70. The van der Waals surface area contributed by atoms with Gasteiger partial charge in [-0.3, -0.25) is 0 Å². The van der Waals surface area contributed by atoms with Gasteiger partial charge in [0.1, 0.15) is 5.56 Å². The van der Waals surface area contributed by atoms with Gasteiger partial charge in [0.05, 0.1) is 6.61 Å². The Kier molecular flexibility index (Phi) is 4.74. The number of carbonyl (C=O) groups excluding carboxylic acids is 1. The van der Waals surface area contributed by atoms with E-state index in [0.717, 1.165) is 6.20 Å². The van der Waals surface area contributed by atoms with Gasteiger partial charge in [0, 0.05) is 17.6 Å². The number of esters is 1. The van der Waals surface area contributed by atoms with Crippen LogP contribution in [0, 0.1) is 5.95 Å². The SMILES string of the molecule is CCOC(=O)c1c(F)ncc(CCl)c1C(F)F. The highest BCUT2D eigenvalue weighted by molar-refractivity contribution is 6.17. The summed E-state index contributed by atoms with van der Waals surface area (Å²) >= 11 is 5.43. The predicted molar refractivity (Wildman–Crippen MR) is 54.7 cm³/mol. The van der Waals surface area contributed by atoms with Crippen LogP contribution < -0.4 is 0 Å². The molecule has 0 aliphatic carbocycles. The third kappa shape index (κ3) is 2.88. The maximum atomic E-state index is 13.3. The second kappa shape index (κ2) is 5.86. The summed E-state index contributed by atoms with van der Waals surface area (Å²) in [5.74, 6) is -2.74. The summed E-state index contributed by atoms with van der Waals surface area (Å²) in [6, 6.07) is 0. The number of pyridine rings is 1. The number of carbonyl (C=O) groups is 1. The molecule has 0 saturated heterocycles. The maximum absolute atomic E-state index is 13.3. The largest absolute Gasteiger partial charge is 0.462 e. The van der Waals surface area contributed by atoms with Gasteiger partial charge in [-0.2, -0.15) is 4.39 Å². The molecule has 94 valence electrons. The van der Waals surface area contributed by atoms with E-state index in [4.69, 9.17) is 11.6 Å². The molecule has 0 atom stereocenters. The molecule has 0 aliphatic rings. The fourth-order valence-electron chi connectivity index (χ4n) is 1.29. The minimum Gasteiger partial charge on any atom is -0.462 e. The Bertz CT molecular complexity index is 426. The Labute approximate surface area is 101 Å². The highest BCUT2D eigenvalue weighted by Gasteiger charge is 2.27. The Morgan fingerprint density at radius 3 is 2.71 bits per heavy atom. The Morgan fingerprint density at radius 2 is 2.24 bits per heavy atom. The summed E-state index contributed by atoms with van der Waals surface area (Å²) < 4.78 is 43.4. The first kappa shape index (κ1) is 13.8. The van der Waals surface area contributed by atoms with Gasteiger partial charge in [0.15, 0.2) is 0 Å². The molecule has 3 nitrogen and oxygen atoms in total. The number of aromatic nitrogens is 1. The molecule has 0 fully saturated rings. The lowest BCUT2D eigenvalue weighted by Crippen LogP contribution is -2.14. The van der Waals surface area contributed by atoms with Crippen molar-refractivity contribution in [1.82, 2.24) is 4.98 Å². The van der Waals surface area contributed by atoms with Crippen LogP contribution in [-0.2, 0) is 10.6 Å². The number of nitrogens with zero attached hydrogens (tertiary/aromatic N) is 1. The smallest absolute Gasteiger partial charge is 0.343 e. The van der Waals surface area contributed by atoms with Crippen molar-refractivity contribution in [1.29, 1.82) is 0 Å². The van der Waals surface area contributed by atoms with Crippen LogP contribution in [0.5, 0.6) is 0 Å². The molecule has 1 aromatic heterocycles. The van der Waals surface area contributed by atoms with Crippen molar-refractivity contribution < 1.29 is 22.7 Å². The van der Waals surface area contributed by atoms with Gasteiger partial charge in [-0.05, 0) is 12.5 Å². The van der Waals surface area contributed by atoms with E-state index in [9.17, 15) is 18.0 Å². The monoisotopic (exact) mass is 267 g/mol. The number of ether oxygens (including phenoxy) is 1. The Balaban J connectivity index is 3.38. The highest BCUT2D eigenvalue weighted by atomic mass is 35.5. The topological polar surface area (TPSA) is 39.2 Å². The van der Waals surface area contributed by atoms with Crippen molar-refractivity contribution in [3.05, 3.63) is 28.8 Å². The summed E-state index contributed by atoms with van der Waals surface area (Å²) in [5, 5.41) is 0. The number of hydrogen-bond acceptors (Lipinski definition) is 3. The van der Waals surface area contributed by atoms with E-state index in [1.807, 2.05) is 0 Å².